The predicted octanol–water partition coefficient (Wildman–Crippen LogP) is 4.66. The molecule has 7 heteroatoms. The molecule has 1 atom stereocenters. The second kappa shape index (κ2) is 7.56. The summed E-state index contributed by atoms with van der Waals surface area (Å²) >= 11 is 8.65. The molecule has 2 aromatic heterocycles. The van der Waals surface area contributed by atoms with Gasteiger partial charge in [0.25, 0.3) is 5.56 Å². The lowest BCUT2D eigenvalue weighted by Gasteiger charge is -2.14. The van der Waals surface area contributed by atoms with E-state index in [2.05, 4.69) is 11.6 Å². The molecule has 0 N–H and O–H groups in total. The molecule has 2 heterocycles. The number of allylic oxidation sites excluding steroid dienone is 1. The summed E-state index contributed by atoms with van der Waals surface area (Å²) in [4.78, 5) is 30.5. The van der Waals surface area contributed by atoms with Crippen molar-refractivity contribution in [2.45, 2.75) is 23.9 Å². The van der Waals surface area contributed by atoms with E-state index >= 15 is 0 Å². The summed E-state index contributed by atoms with van der Waals surface area (Å²) < 4.78 is 1.55. The van der Waals surface area contributed by atoms with Gasteiger partial charge in [-0.05, 0) is 30.5 Å². The smallest absolute Gasteiger partial charge is 0.263 e. The van der Waals surface area contributed by atoms with Gasteiger partial charge in [-0.15, -0.1) is 17.9 Å². The fraction of sp³-hybridized carbons (Fsp3) is 0.167. The van der Waals surface area contributed by atoms with Gasteiger partial charge in [0.15, 0.2) is 10.9 Å². The molecule has 0 aliphatic rings. The summed E-state index contributed by atoms with van der Waals surface area (Å²) in [6, 6.07) is 8.62. The van der Waals surface area contributed by atoms with Crippen molar-refractivity contribution in [3.8, 4) is 0 Å². The number of carbonyl (C=O) groups is 1. The first-order chi connectivity index (χ1) is 12.0. The van der Waals surface area contributed by atoms with Crippen LogP contribution in [0.15, 0.2) is 58.3 Å². The minimum atomic E-state index is -0.404. The van der Waals surface area contributed by atoms with Crippen molar-refractivity contribution in [3.05, 3.63) is 69.3 Å². The molecular weight excluding hydrogens is 376 g/mol. The molecule has 0 aliphatic carbocycles. The second-order valence-electron chi connectivity index (χ2n) is 5.37. The van der Waals surface area contributed by atoms with Crippen LogP contribution < -0.4 is 5.56 Å². The highest BCUT2D eigenvalue weighted by Gasteiger charge is 2.20. The molecule has 3 rings (SSSR count). The maximum atomic E-state index is 12.7. The number of fused-ring (bicyclic) bond motifs is 1. The van der Waals surface area contributed by atoms with Crippen LogP contribution in [0.3, 0.4) is 0 Å². The van der Waals surface area contributed by atoms with Crippen molar-refractivity contribution in [2.24, 2.45) is 0 Å². The van der Waals surface area contributed by atoms with Crippen LogP contribution in [0.2, 0.25) is 5.02 Å². The van der Waals surface area contributed by atoms with Gasteiger partial charge in [-0.3, -0.25) is 14.2 Å². The molecule has 25 heavy (non-hydrogen) atoms. The number of thiophene rings is 1. The number of rotatable bonds is 6. The van der Waals surface area contributed by atoms with Crippen molar-refractivity contribution in [3.63, 3.8) is 0 Å². The molecule has 0 bridgehead atoms. The molecule has 1 aromatic carbocycles. The Balaban J connectivity index is 1.96. The molecule has 0 radical (unpaired) electrons. The van der Waals surface area contributed by atoms with Crippen LogP contribution in [0.25, 0.3) is 10.2 Å². The fourth-order valence-corrected chi connectivity index (χ4v) is 4.39. The molecule has 0 spiro atoms. The number of nitrogens with zero attached hydrogens (tertiary/aromatic N) is 2. The lowest BCUT2D eigenvalue weighted by Crippen LogP contribution is -2.24. The van der Waals surface area contributed by atoms with Crippen LogP contribution in [0.1, 0.15) is 17.3 Å². The summed E-state index contributed by atoms with van der Waals surface area (Å²) in [5.74, 6) is -0.0572. The topological polar surface area (TPSA) is 52.0 Å². The third kappa shape index (κ3) is 3.71. The monoisotopic (exact) mass is 390 g/mol. The third-order valence-corrected chi connectivity index (χ3v) is 5.75. The molecular formula is C18H15ClN2O2S2. The van der Waals surface area contributed by atoms with Crippen LogP contribution >= 0.6 is 34.7 Å². The SMILES string of the molecule is C=CCn1c(SC(C)C(=O)c2cccc(Cl)c2)nc2sccc2c1=O. The Kier molecular flexibility index (Phi) is 5.42. The van der Waals surface area contributed by atoms with Gasteiger partial charge in [-0.2, -0.15) is 0 Å². The highest BCUT2D eigenvalue weighted by Crippen LogP contribution is 2.27. The minimum Gasteiger partial charge on any atom is -0.293 e. The van der Waals surface area contributed by atoms with Gasteiger partial charge in [-0.1, -0.05) is 41.6 Å². The Labute approximate surface area is 158 Å². The number of halogens is 1. The summed E-state index contributed by atoms with van der Waals surface area (Å²) in [5.41, 5.74) is 0.429. The van der Waals surface area contributed by atoms with Gasteiger partial charge < -0.3 is 0 Å². The second-order valence-corrected chi connectivity index (χ2v) is 8.01. The number of benzene rings is 1. The van der Waals surface area contributed by atoms with E-state index in [1.807, 2.05) is 5.38 Å². The maximum Gasteiger partial charge on any atom is 0.263 e. The number of carbonyl (C=O) groups excluding carboxylic acids is 1. The van der Waals surface area contributed by atoms with Crippen molar-refractivity contribution < 1.29 is 4.79 Å². The molecule has 1 unspecified atom stereocenters. The molecule has 3 aromatic rings. The van der Waals surface area contributed by atoms with Gasteiger partial charge in [0.05, 0.1) is 10.6 Å². The van der Waals surface area contributed by atoms with Gasteiger partial charge in [0.1, 0.15) is 4.83 Å². The Hall–Kier alpha value is -1.89. The molecule has 0 aliphatic heterocycles. The Bertz CT molecular complexity index is 1010. The zero-order chi connectivity index (χ0) is 18.0. The average molecular weight is 391 g/mol. The van der Waals surface area contributed by atoms with E-state index in [4.69, 9.17) is 11.6 Å². The maximum absolute atomic E-state index is 12.7. The summed E-state index contributed by atoms with van der Waals surface area (Å²) in [6.07, 6.45) is 1.65. The molecule has 0 saturated heterocycles. The molecule has 0 amide bonds. The van der Waals surface area contributed by atoms with E-state index in [0.717, 1.165) is 0 Å². The summed E-state index contributed by atoms with van der Waals surface area (Å²) in [5, 5.41) is 3.06. The summed E-state index contributed by atoms with van der Waals surface area (Å²) in [7, 11) is 0. The lowest BCUT2D eigenvalue weighted by atomic mass is 10.1. The highest BCUT2D eigenvalue weighted by atomic mass is 35.5. The van der Waals surface area contributed by atoms with Crippen LogP contribution in [0.5, 0.6) is 0 Å². The standard InChI is InChI=1S/C18H15ClN2O2S2/c1-3-8-21-17(23)14-7-9-24-16(14)20-18(21)25-11(2)15(22)12-5-4-6-13(19)10-12/h3-7,9-11H,1,8H2,2H3. The Morgan fingerprint density at radius 1 is 1.48 bits per heavy atom. The number of thioether (sulfide) groups is 1. The zero-order valence-corrected chi connectivity index (χ0v) is 15.8. The van der Waals surface area contributed by atoms with Crippen LogP contribution in [0, 0.1) is 0 Å². The Morgan fingerprint density at radius 2 is 2.28 bits per heavy atom. The van der Waals surface area contributed by atoms with Gasteiger partial charge in [-0.25, -0.2) is 4.98 Å². The van der Waals surface area contributed by atoms with E-state index in [0.29, 0.717) is 32.5 Å². The zero-order valence-electron chi connectivity index (χ0n) is 13.4. The van der Waals surface area contributed by atoms with Crippen molar-refractivity contribution >= 4 is 50.7 Å². The lowest BCUT2D eigenvalue weighted by molar-refractivity contribution is 0.0994. The van der Waals surface area contributed by atoms with E-state index in [-0.39, 0.29) is 11.3 Å². The normalized spacial score (nSPS) is 12.2. The van der Waals surface area contributed by atoms with Crippen LogP contribution in [-0.2, 0) is 6.54 Å². The highest BCUT2D eigenvalue weighted by molar-refractivity contribution is 8.00. The quantitative estimate of drug-likeness (QED) is 0.266. The van der Waals surface area contributed by atoms with E-state index in [1.165, 1.54) is 23.1 Å². The van der Waals surface area contributed by atoms with Gasteiger partial charge >= 0.3 is 0 Å². The minimum absolute atomic E-state index is 0.0572. The van der Waals surface area contributed by atoms with Crippen molar-refractivity contribution in [2.75, 3.05) is 0 Å². The number of ketones is 1. The number of hydrogen-bond donors (Lipinski definition) is 0. The van der Waals surface area contributed by atoms with Gasteiger partial charge in [0.2, 0.25) is 0 Å². The molecule has 128 valence electrons. The van der Waals surface area contributed by atoms with Crippen LogP contribution in [0.4, 0.5) is 0 Å². The van der Waals surface area contributed by atoms with E-state index in [9.17, 15) is 9.59 Å². The van der Waals surface area contributed by atoms with E-state index < -0.39 is 5.25 Å². The number of hydrogen-bond acceptors (Lipinski definition) is 5. The van der Waals surface area contributed by atoms with Gasteiger partial charge in [0, 0.05) is 17.1 Å². The predicted molar refractivity (Wildman–Crippen MR) is 105 cm³/mol. The van der Waals surface area contributed by atoms with E-state index in [1.54, 1.807) is 47.9 Å². The summed E-state index contributed by atoms with van der Waals surface area (Å²) in [6.45, 7) is 5.85. The van der Waals surface area contributed by atoms with Crippen molar-refractivity contribution in [1.29, 1.82) is 0 Å². The number of Topliss-reactive ketones (excluding diaryl/α,β-unsaturated/α-hetero) is 1. The third-order valence-electron chi connectivity index (χ3n) is 3.62. The number of aromatic nitrogens is 2. The average Bonchev–Trinajstić information content (AvgIpc) is 3.06. The first-order valence-electron chi connectivity index (χ1n) is 7.56. The molecule has 0 saturated carbocycles. The largest absolute Gasteiger partial charge is 0.293 e. The molecule has 4 nitrogen and oxygen atoms in total. The first-order valence-corrected chi connectivity index (χ1v) is 9.70. The fourth-order valence-electron chi connectivity index (χ4n) is 2.40. The van der Waals surface area contributed by atoms with Crippen LogP contribution in [-0.4, -0.2) is 20.6 Å². The first kappa shape index (κ1) is 17.9. The van der Waals surface area contributed by atoms with Crippen molar-refractivity contribution in [1.82, 2.24) is 9.55 Å². The molecule has 0 fully saturated rings. The Morgan fingerprint density at radius 3 is 3.00 bits per heavy atom.